The number of unbranched alkanes of at least 4 members (excludes halogenated alkanes) is 3. The highest BCUT2D eigenvalue weighted by Crippen LogP contribution is 2.44. The van der Waals surface area contributed by atoms with Crippen molar-refractivity contribution in [3.63, 3.8) is 0 Å². The first kappa shape index (κ1) is 26.0. The Hall–Kier alpha value is 0. The third kappa shape index (κ3) is 11.0. The van der Waals surface area contributed by atoms with Gasteiger partial charge in [0, 0.05) is 0 Å². The van der Waals surface area contributed by atoms with Crippen molar-refractivity contribution in [1.29, 1.82) is 0 Å². The van der Waals surface area contributed by atoms with E-state index < -0.39 is 0 Å². The van der Waals surface area contributed by atoms with Crippen molar-refractivity contribution in [3.05, 3.63) is 0 Å². The zero-order valence-electron chi connectivity index (χ0n) is 20.0. The first-order valence-corrected chi connectivity index (χ1v) is 12.3. The van der Waals surface area contributed by atoms with Crippen molar-refractivity contribution < 1.29 is 0 Å². The molecule has 26 heavy (non-hydrogen) atoms. The molecule has 0 saturated heterocycles. The lowest BCUT2D eigenvalue weighted by Gasteiger charge is -2.41. The van der Waals surface area contributed by atoms with Crippen molar-refractivity contribution >= 4 is 0 Å². The molecule has 0 fully saturated rings. The molecule has 0 N–H and O–H groups in total. The van der Waals surface area contributed by atoms with Gasteiger partial charge in [-0.15, -0.1) is 0 Å². The van der Waals surface area contributed by atoms with Gasteiger partial charge in [0.1, 0.15) is 0 Å². The van der Waals surface area contributed by atoms with Crippen LogP contribution in [-0.4, -0.2) is 0 Å². The third-order valence-electron chi connectivity index (χ3n) is 7.20. The highest BCUT2D eigenvalue weighted by Gasteiger charge is 2.34. The predicted molar refractivity (Wildman–Crippen MR) is 122 cm³/mol. The quantitative estimate of drug-likeness (QED) is 0.225. The molecule has 0 heterocycles. The first-order chi connectivity index (χ1) is 12.3. The van der Waals surface area contributed by atoms with Crippen LogP contribution in [0, 0.1) is 29.1 Å². The van der Waals surface area contributed by atoms with Gasteiger partial charge in [-0.3, -0.25) is 0 Å². The van der Waals surface area contributed by atoms with Crippen LogP contribution in [0.4, 0.5) is 0 Å². The van der Waals surface area contributed by atoms with E-state index in [9.17, 15) is 0 Å². The summed E-state index contributed by atoms with van der Waals surface area (Å²) < 4.78 is 0. The van der Waals surface area contributed by atoms with E-state index in [0.717, 1.165) is 23.7 Å². The van der Waals surface area contributed by atoms with E-state index in [4.69, 9.17) is 0 Å². The Balaban J connectivity index is 4.82. The molecule has 0 aliphatic carbocycles. The van der Waals surface area contributed by atoms with Gasteiger partial charge >= 0.3 is 0 Å². The highest BCUT2D eigenvalue weighted by atomic mass is 14.4. The number of hydrogen-bond donors (Lipinski definition) is 0. The van der Waals surface area contributed by atoms with E-state index in [-0.39, 0.29) is 0 Å². The molecule has 158 valence electrons. The second-order valence-corrected chi connectivity index (χ2v) is 10.2. The maximum atomic E-state index is 2.62. The molecule has 0 bridgehead atoms. The fraction of sp³-hybridized carbons (Fsp3) is 1.00. The maximum absolute atomic E-state index is 2.62. The zero-order chi connectivity index (χ0) is 20.0. The summed E-state index contributed by atoms with van der Waals surface area (Å²) >= 11 is 0. The van der Waals surface area contributed by atoms with Crippen LogP contribution in [-0.2, 0) is 0 Å². The smallest absolute Gasteiger partial charge is 0.0298 e. The van der Waals surface area contributed by atoms with Crippen LogP contribution < -0.4 is 0 Å². The normalized spacial score (nSPS) is 17.9. The van der Waals surface area contributed by atoms with Gasteiger partial charge in [-0.1, -0.05) is 120 Å². The number of rotatable bonds is 17. The van der Waals surface area contributed by atoms with E-state index in [1.807, 2.05) is 0 Å². The van der Waals surface area contributed by atoms with Crippen molar-refractivity contribution in [3.8, 4) is 0 Å². The molecule has 0 rings (SSSR count). The molecular weight excluding hydrogens is 312 g/mol. The van der Waals surface area contributed by atoms with Crippen LogP contribution in [0.5, 0.6) is 0 Å². The Morgan fingerprint density at radius 3 is 1.81 bits per heavy atom. The third-order valence-corrected chi connectivity index (χ3v) is 7.20. The fourth-order valence-corrected chi connectivity index (χ4v) is 4.96. The minimum atomic E-state index is 0.546. The van der Waals surface area contributed by atoms with Crippen LogP contribution in [0.15, 0.2) is 0 Å². The van der Waals surface area contributed by atoms with Crippen LogP contribution in [0.25, 0.3) is 0 Å². The summed E-state index contributed by atoms with van der Waals surface area (Å²) in [6.45, 7) is 19.6. The van der Waals surface area contributed by atoms with Gasteiger partial charge in [-0.25, -0.2) is 0 Å². The van der Waals surface area contributed by atoms with Gasteiger partial charge in [0.25, 0.3) is 0 Å². The maximum Gasteiger partial charge on any atom is -0.0298 e. The molecule has 0 radical (unpaired) electrons. The summed E-state index contributed by atoms with van der Waals surface area (Å²) in [4.78, 5) is 0. The van der Waals surface area contributed by atoms with Crippen LogP contribution >= 0.6 is 0 Å². The second kappa shape index (κ2) is 15.0. The molecule has 0 saturated carbocycles. The Kier molecular flexibility index (Phi) is 15.0. The van der Waals surface area contributed by atoms with E-state index in [1.54, 1.807) is 0 Å². The average Bonchev–Trinajstić information content (AvgIpc) is 2.59. The molecule has 4 unspecified atom stereocenters. The van der Waals surface area contributed by atoms with Crippen molar-refractivity contribution in [1.82, 2.24) is 0 Å². The molecule has 0 aliphatic heterocycles. The summed E-state index contributed by atoms with van der Waals surface area (Å²) in [6, 6.07) is 0. The molecule has 0 amide bonds. The molecular formula is C26H54. The van der Waals surface area contributed by atoms with E-state index in [0.29, 0.717) is 5.41 Å². The molecule has 0 aromatic heterocycles. The monoisotopic (exact) mass is 366 g/mol. The molecule has 0 spiro atoms. The Morgan fingerprint density at radius 1 is 0.654 bits per heavy atom. The van der Waals surface area contributed by atoms with E-state index >= 15 is 0 Å². The van der Waals surface area contributed by atoms with Gasteiger partial charge in [0.15, 0.2) is 0 Å². The molecule has 0 aliphatic rings. The molecule has 0 heteroatoms. The molecule has 0 nitrogen and oxygen atoms in total. The summed E-state index contributed by atoms with van der Waals surface area (Å²) in [7, 11) is 0. The topological polar surface area (TPSA) is 0 Å². The highest BCUT2D eigenvalue weighted by molar-refractivity contribution is 4.84. The van der Waals surface area contributed by atoms with Crippen molar-refractivity contribution in [2.45, 2.75) is 139 Å². The Labute approximate surface area is 168 Å². The van der Waals surface area contributed by atoms with Gasteiger partial charge in [-0.2, -0.15) is 0 Å². The second-order valence-electron chi connectivity index (χ2n) is 10.2. The fourth-order valence-electron chi connectivity index (χ4n) is 4.96. The lowest BCUT2D eigenvalue weighted by molar-refractivity contribution is 0.0942. The average molecular weight is 367 g/mol. The summed E-state index contributed by atoms with van der Waals surface area (Å²) in [5.74, 6) is 3.54. The SMILES string of the molecule is CCCCCC(CCC)CC(C)C(C)C(C)(CCCC)CCCC(C)C. The summed E-state index contributed by atoms with van der Waals surface area (Å²) in [5, 5.41) is 0. The van der Waals surface area contributed by atoms with Crippen LogP contribution in [0.1, 0.15) is 139 Å². The van der Waals surface area contributed by atoms with E-state index in [1.165, 1.54) is 83.5 Å². The largest absolute Gasteiger partial charge is 0.0654 e. The summed E-state index contributed by atoms with van der Waals surface area (Å²) in [5.41, 5.74) is 0.546. The Morgan fingerprint density at radius 2 is 1.27 bits per heavy atom. The van der Waals surface area contributed by atoms with Gasteiger partial charge in [-0.05, 0) is 48.3 Å². The van der Waals surface area contributed by atoms with Crippen molar-refractivity contribution in [2.24, 2.45) is 29.1 Å². The predicted octanol–water partition coefficient (Wildman–Crippen LogP) is 9.67. The van der Waals surface area contributed by atoms with Gasteiger partial charge in [0.05, 0.1) is 0 Å². The minimum absolute atomic E-state index is 0.546. The molecule has 4 atom stereocenters. The first-order valence-electron chi connectivity index (χ1n) is 12.3. The standard InChI is InChI=1S/C26H54/c1-9-12-14-18-25(16-11-3)21-23(6)24(7)26(8,19-13-10-2)20-15-17-22(4)5/h22-25H,9-21H2,1-8H3. The van der Waals surface area contributed by atoms with Gasteiger partial charge < -0.3 is 0 Å². The minimum Gasteiger partial charge on any atom is -0.0654 e. The van der Waals surface area contributed by atoms with Crippen molar-refractivity contribution in [2.75, 3.05) is 0 Å². The number of hydrogen-bond acceptors (Lipinski definition) is 0. The van der Waals surface area contributed by atoms with Gasteiger partial charge in [0.2, 0.25) is 0 Å². The Bertz CT molecular complexity index is 305. The van der Waals surface area contributed by atoms with Crippen LogP contribution in [0.2, 0.25) is 0 Å². The lowest BCUT2D eigenvalue weighted by atomic mass is 9.65. The zero-order valence-corrected chi connectivity index (χ0v) is 20.0. The molecule has 0 aromatic carbocycles. The summed E-state index contributed by atoms with van der Waals surface area (Å²) in [6.07, 6.45) is 18.4. The molecule has 0 aromatic rings. The van der Waals surface area contributed by atoms with Crippen LogP contribution in [0.3, 0.4) is 0 Å². The van der Waals surface area contributed by atoms with E-state index in [2.05, 4.69) is 55.4 Å². The lowest BCUT2D eigenvalue weighted by Crippen LogP contribution is -2.31.